The lowest BCUT2D eigenvalue weighted by Crippen LogP contribution is -2.55. The zero-order valence-electron chi connectivity index (χ0n) is 17.0. The molecule has 2 N–H and O–H groups in total. The van der Waals surface area contributed by atoms with E-state index in [1.165, 1.54) is 10.8 Å². The molecule has 2 amide bonds. The van der Waals surface area contributed by atoms with Crippen molar-refractivity contribution in [3.8, 4) is 5.75 Å². The molecule has 10 heteroatoms. The van der Waals surface area contributed by atoms with Crippen LogP contribution < -0.4 is 10.7 Å². The number of carbonyl (C=O) groups is 2. The van der Waals surface area contributed by atoms with Crippen LogP contribution in [0.25, 0.3) is 0 Å². The molecule has 1 saturated carbocycles. The van der Waals surface area contributed by atoms with Crippen molar-refractivity contribution < 1.29 is 27.9 Å². The van der Waals surface area contributed by atoms with Crippen molar-refractivity contribution in [2.45, 2.75) is 44.3 Å². The van der Waals surface area contributed by atoms with E-state index >= 15 is 0 Å². The monoisotopic (exact) mass is 447 g/mol. The third kappa shape index (κ3) is 3.00. The molecule has 2 bridgehead atoms. The van der Waals surface area contributed by atoms with Crippen LogP contribution in [-0.4, -0.2) is 38.5 Å². The standard InChI is InChI=1S/C22H20F3N3O4/c23-12-4-15(24)13(16(25)5-12)7-26-20(31)14-9-27-10-22-3-1-2-11(6-22)8-28(22)21(32)17(27)19(30)18(14)29/h4-5,9,11,30H,1-3,6-8,10H2,(H,26,31)/t11-,22-/m1/s1. The van der Waals surface area contributed by atoms with Gasteiger partial charge in [-0.15, -0.1) is 0 Å². The highest BCUT2D eigenvalue weighted by Gasteiger charge is 2.53. The van der Waals surface area contributed by atoms with E-state index in [0.717, 1.165) is 25.7 Å². The summed E-state index contributed by atoms with van der Waals surface area (Å²) in [5.74, 6) is -5.29. The van der Waals surface area contributed by atoms with Gasteiger partial charge in [-0.2, -0.15) is 0 Å². The van der Waals surface area contributed by atoms with Crippen LogP contribution in [0.15, 0.2) is 23.1 Å². The molecule has 1 aromatic heterocycles. The molecule has 2 aliphatic heterocycles. The molecule has 2 atom stereocenters. The first-order valence-corrected chi connectivity index (χ1v) is 10.4. The van der Waals surface area contributed by atoms with Gasteiger partial charge in [0.25, 0.3) is 11.8 Å². The Morgan fingerprint density at radius 2 is 1.94 bits per heavy atom. The van der Waals surface area contributed by atoms with Crippen molar-refractivity contribution in [3.05, 3.63) is 62.8 Å². The first-order chi connectivity index (χ1) is 15.2. The van der Waals surface area contributed by atoms with Gasteiger partial charge < -0.3 is 19.9 Å². The largest absolute Gasteiger partial charge is 0.503 e. The highest BCUT2D eigenvalue weighted by molar-refractivity contribution is 5.99. The van der Waals surface area contributed by atoms with Crippen LogP contribution in [0.1, 0.15) is 52.1 Å². The quantitative estimate of drug-likeness (QED) is 0.756. The molecule has 3 aliphatic rings. The fourth-order valence-electron chi connectivity index (χ4n) is 5.45. The summed E-state index contributed by atoms with van der Waals surface area (Å²) >= 11 is 0. The van der Waals surface area contributed by atoms with Gasteiger partial charge in [-0.1, -0.05) is 6.42 Å². The molecule has 32 heavy (non-hydrogen) atoms. The van der Waals surface area contributed by atoms with Crippen molar-refractivity contribution in [1.82, 2.24) is 14.8 Å². The van der Waals surface area contributed by atoms with Crippen molar-refractivity contribution in [3.63, 3.8) is 0 Å². The van der Waals surface area contributed by atoms with Crippen LogP contribution in [0.2, 0.25) is 0 Å². The minimum Gasteiger partial charge on any atom is -0.503 e. The third-order valence-electron chi connectivity index (χ3n) is 6.88. The highest BCUT2D eigenvalue weighted by Crippen LogP contribution is 2.48. The average molecular weight is 447 g/mol. The number of halogens is 3. The van der Waals surface area contributed by atoms with Gasteiger partial charge in [-0.3, -0.25) is 14.4 Å². The van der Waals surface area contributed by atoms with E-state index in [-0.39, 0.29) is 5.69 Å². The van der Waals surface area contributed by atoms with E-state index in [1.807, 2.05) is 0 Å². The Morgan fingerprint density at radius 3 is 2.66 bits per heavy atom. The predicted molar refractivity (Wildman–Crippen MR) is 106 cm³/mol. The number of hydrogen-bond donors (Lipinski definition) is 2. The lowest BCUT2D eigenvalue weighted by Gasteiger charge is -2.44. The Kier molecular flexibility index (Phi) is 4.58. The smallest absolute Gasteiger partial charge is 0.275 e. The topological polar surface area (TPSA) is 91.6 Å². The van der Waals surface area contributed by atoms with Gasteiger partial charge in [0.05, 0.1) is 5.54 Å². The van der Waals surface area contributed by atoms with Gasteiger partial charge >= 0.3 is 0 Å². The number of hydrogen-bond acceptors (Lipinski definition) is 4. The summed E-state index contributed by atoms with van der Waals surface area (Å²) in [5, 5.41) is 12.7. The molecule has 7 nitrogen and oxygen atoms in total. The van der Waals surface area contributed by atoms with Crippen molar-refractivity contribution >= 4 is 11.8 Å². The number of aromatic hydroxyl groups is 1. The van der Waals surface area contributed by atoms with Crippen LogP contribution in [0.5, 0.6) is 5.75 Å². The summed E-state index contributed by atoms with van der Waals surface area (Å²) in [4.78, 5) is 40.1. The van der Waals surface area contributed by atoms with Gasteiger partial charge in [0.15, 0.2) is 11.4 Å². The maximum atomic E-state index is 13.8. The Hall–Kier alpha value is -3.30. The first-order valence-electron chi connectivity index (χ1n) is 10.4. The van der Waals surface area contributed by atoms with E-state index in [2.05, 4.69) is 5.32 Å². The summed E-state index contributed by atoms with van der Waals surface area (Å²) in [6, 6.07) is 0.972. The van der Waals surface area contributed by atoms with Gasteiger partial charge in [-0.05, 0) is 25.2 Å². The lowest BCUT2D eigenvalue weighted by atomic mass is 9.79. The van der Waals surface area contributed by atoms with E-state index in [9.17, 15) is 32.7 Å². The Labute approximate surface area is 180 Å². The molecular weight excluding hydrogens is 427 g/mol. The number of carbonyl (C=O) groups excluding carboxylic acids is 2. The minimum atomic E-state index is -1.18. The summed E-state index contributed by atoms with van der Waals surface area (Å²) in [7, 11) is 0. The van der Waals surface area contributed by atoms with Gasteiger partial charge in [0, 0.05) is 43.5 Å². The SMILES string of the molecule is O=C(NCc1c(F)cc(F)cc1F)c1cn2c(c(O)c1=O)C(=O)N1C[C@@H]3CCC[C@@]1(C3)C2. The Balaban J connectivity index is 1.46. The van der Waals surface area contributed by atoms with Crippen LogP contribution in [-0.2, 0) is 13.1 Å². The van der Waals surface area contributed by atoms with E-state index in [4.69, 9.17) is 0 Å². The zero-order valence-corrected chi connectivity index (χ0v) is 17.0. The molecule has 1 aromatic carbocycles. The number of benzene rings is 1. The van der Waals surface area contributed by atoms with Crippen LogP contribution in [0.3, 0.4) is 0 Å². The normalized spacial score (nSPS) is 23.7. The second kappa shape index (κ2) is 7.11. The average Bonchev–Trinajstić information content (AvgIpc) is 2.99. The zero-order chi connectivity index (χ0) is 22.8. The highest BCUT2D eigenvalue weighted by atomic mass is 19.1. The van der Waals surface area contributed by atoms with Crippen molar-refractivity contribution in [2.24, 2.45) is 5.92 Å². The lowest BCUT2D eigenvalue weighted by molar-refractivity contribution is 0.0419. The van der Waals surface area contributed by atoms with Crippen LogP contribution in [0.4, 0.5) is 13.2 Å². The van der Waals surface area contributed by atoms with Crippen LogP contribution >= 0.6 is 0 Å². The number of rotatable bonds is 3. The summed E-state index contributed by atoms with van der Waals surface area (Å²) in [6.07, 6.45) is 4.84. The Morgan fingerprint density at radius 1 is 1.22 bits per heavy atom. The van der Waals surface area contributed by atoms with Gasteiger partial charge in [0.1, 0.15) is 23.0 Å². The number of pyridine rings is 1. The number of nitrogens with one attached hydrogen (secondary N) is 1. The van der Waals surface area contributed by atoms with Crippen LogP contribution in [0, 0.1) is 23.4 Å². The number of aromatic nitrogens is 1. The molecule has 1 aliphatic carbocycles. The molecule has 2 aromatic rings. The second-order valence-corrected chi connectivity index (χ2v) is 8.83. The molecule has 2 fully saturated rings. The Bertz CT molecular complexity index is 1200. The molecule has 0 radical (unpaired) electrons. The second-order valence-electron chi connectivity index (χ2n) is 8.83. The molecular formula is C22H20F3N3O4. The molecule has 3 heterocycles. The van der Waals surface area contributed by atoms with Crippen molar-refractivity contribution in [1.29, 1.82) is 0 Å². The molecule has 1 spiro atoms. The summed E-state index contributed by atoms with van der Waals surface area (Å²) in [5.41, 5.74) is -2.61. The molecule has 168 valence electrons. The number of fused-ring (bicyclic) bond motifs is 2. The minimum absolute atomic E-state index is 0.152. The van der Waals surface area contributed by atoms with Crippen molar-refractivity contribution in [2.75, 3.05) is 6.54 Å². The first kappa shape index (κ1) is 20.6. The van der Waals surface area contributed by atoms with E-state index in [0.29, 0.717) is 31.1 Å². The summed E-state index contributed by atoms with van der Waals surface area (Å²) < 4.78 is 42.2. The fraction of sp³-hybridized carbons (Fsp3) is 0.409. The molecule has 1 saturated heterocycles. The maximum Gasteiger partial charge on any atom is 0.275 e. The van der Waals surface area contributed by atoms with E-state index in [1.54, 1.807) is 4.90 Å². The predicted octanol–water partition coefficient (Wildman–Crippen LogP) is 2.30. The maximum absolute atomic E-state index is 13.8. The fourth-order valence-corrected chi connectivity index (χ4v) is 5.45. The number of nitrogens with zero attached hydrogens (tertiary/aromatic N) is 2. The van der Waals surface area contributed by atoms with E-state index < -0.39 is 63.7 Å². The third-order valence-corrected chi connectivity index (χ3v) is 6.88. The van der Waals surface area contributed by atoms with Gasteiger partial charge in [0.2, 0.25) is 5.43 Å². The molecule has 0 unspecified atom stereocenters. The molecule has 5 rings (SSSR count). The van der Waals surface area contributed by atoms with Gasteiger partial charge in [-0.25, -0.2) is 13.2 Å². The summed E-state index contributed by atoms with van der Waals surface area (Å²) in [6.45, 7) is 0.306. The number of amides is 2.